The van der Waals surface area contributed by atoms with Gasteiger partial charge in [-0.3, -0.25) is 28.8 Å². The van der Waals surface area contributed by atoms with Crippen LogP contribution in [-0.2, 0) is 57.2 Å². The maximum atomic E-state index is 12.8. The Labute approximate surface area is 272 Å². The molecule has 0 rings (SSSR count). The molecule has 0 aliphatic heterocycles. The van der Waals surface area contributed by atoms with Crippen molar-refractivity contribution in [1.29, 1.82) is 0 Å². The molecule has 0 radical (unpaired) electrons. The summed E-state index contributed by atoms with van der Waals surface area (Å²) in [5.74, 6) is -7.07. The molecule has 0 amide bonds. The van der Waals surface area contributed by atoms with Crippen LogP contribution in [0.3, 0.4) is 0 Å². The van der Waals surface area contributed by atoms with E-state index in [4.69, 9.17) is 14.2 Å². The topological polar surface area (TPSA) is 158 Å². The van der Waals surface area contributed by atoms with Gasteiger partial charge in [0.15, 0.2) is 0 Å². The van der Waals surface area contributed by atoms with Crippen molar-refractivity contribution in [3.8, 4) is 0 Å². The maximum absolute atomic E-state index is 12.8. The monoisotopic (exact) mass is 740 g/mol. The minimum absolute atomic E-state index is 0.0506. The number of rotatable bonds is 22. The molecule has 0 aliphatic rings. The number of carbonyl (C=O) groups excluding carboxylic acids is 6. The van der Waals surface area contributed by atoms with Crippen LogP contribution in [0.1, 0.15) is 77.6 Å². The van der Waals surface area contributed by atoms with Crippen molar-refractivity contribution in [2.24, 2.45) is 5.41 Å². The number of hydrogen-bond acceptors (Lipinski definition) is 12. The lowest BCUT2D eigenvalue weighted by atomic mass is 9.94. The van der Waals surface area contributed by atoms with E-state index in [-0.39, 0.29) is 44.9 Å². The number of alkyl halides is 10. The van der Waals surface area contributed by atoms with Gasteiger partial charge in [0.25, 0.3) is 0 Å². The van der Waals surface area contributed by atoms with Crippen molar-refractivity contribution in [2.75, 3.05) is 26.9 Å². The molecule has 49 heavy (non-hydrogen) atoms. The molecule has 0 heterocycles. The second kappa shape index (κ2) is 20.0. The number of hydrogen-bond donors (Lipinski definition) is 0. The maximum Gasteiger partial charge on any atom is 0.501 e. The summed E-state index contributed by atoms with van der Waals surface area (Å²) in [7, 11) is 1.14. The molecule has 0 aliphatic carbocycles. The summed E-state index contributed by atoms with van der Waals surface area (Å²) in [6.45, 7) is -0.340. The van der Waals surface area contributed by atoms with Crippen LogP contribution in [-0.4, -0.2) is 87.3 Å². The van der Waals surface area contributed by atoms with E-state index in [1.165, 1.54) is 6.92 Å². The smallest absolute Gasteiger partial charge is 0.469 e. The Morgan fingerprint density at radius 1 is 0.429 bits per heavy atom. The number of halogens is 10. The van der Waals surface area contributed by atoms with Gasteiger partial charge in [-0.15, -0.1) is 0 Å². The van der Waals surface area contributed by atoms with E-state index < -0.39 is 111 Å². The van der Waals surface area contributed by atoms with E-state index >= 15 is 0 Å². The molecule has 22 heteroatoms. The first-order valence-electron chi connectivity index (χ1n) is 14.2. The van der Waals surface area contributed by atoms with Crippen LogP contribution in [0.15, 0.2) is 0 Å². The number of ether oxygens (including phenoxy) is 6. The molecule has 0 aromatic heterocycles. The van der Waals surface area contributed by atoms with Crippen LogP contribution < -0.4 is 0 Å². The van der Waals surface area contributed by atoms with Gasteiger partial charge < -0.3 is 28.4 Å². The lowest BCUT2D eigenvalue weighted by Crippen LogP contribution is -2.40. The summed E-state index contributed by atoms with van der Waals surface area (Å²) in [4.78, 5) is 70.1. The Morgan fingerprint density at radius 2 is 0.694 bits per heavy atom. The van der Waals surface area contributed by atoms with Gasteiger partial charge in [-0.1, -0.05) is 0 Å². The van der Waals surface area contributed by atoms with Crippen molar-refractivity contribution in [2.45, 2.75) is 102 Å². The number of carbonyl (C=O) groups is 6. The molecular weight excluding hydrogens is 706 g/mol. The van der Waals surface area contributed by atoms with Crippen molar-refractivity contribution in [3.05, 3.63) is 0 Å². The number of esters is 6. The molecule has 0 saturated heterocycles. The molecule has 0 saturated carbocycles. The highest BCUT2D eigenvalue weighted by atomic mass is 19.4. The highest BCUT2D eigenvalue weighted by molar-refractivity contribution is 5.73. The Bertz CT molecular complexity index is 1060. The van der Waals surface area contributed by atoms with E-state index in [9.17, 15) is 72.7 Å². The summed E-state index contributed by atoms with van der Waals surface area (Å²) in [5.41, 5.74) is -1.43. The molecule has 0 N–H and O–H groups in total. The van der Waals surface area contributed by atoms with Gasteiger partial charge in [0.1, 0.15) is 19.8 Å². The molecule has 284 valence electrons. The number of unbranched alkanes of at least 4 members (excludes halogenated alkanes) is 2. The minimum Gasteiger partial charge on any atom is -0.469 e. The lowest BCUT2D eigenvalue weighted by Gasteiger charge is -2.28. The highest BCUT2D eigenvalue weighted by Gasteiger charge is 2.62. The van der Waals surface area contributed by atoms with E-state index in [0.29, 0.717) is 0 Å². The predicted molar refractivity (Wildman–Crippen MR) is 138 cm³/mol. The van der Waals surface area contributed by atoms with Gasteiger partial charge >= 0.3 is 60.4 Å². The van der Waals surface area contributed by atoms with E-state index in [1.54, 1.807) is 0 Å². The first-order valence-corrected chi connectivity index (χ1v) is 14.2. The van der Waals surface area contributed by atoms with Gasteiger partial charge in [0.05, 0.1) is 12.5 Å². The standard InChI is InChI=1S/C27H34F10O12/c1-23(16-47-20(41)13-7-12-17(38)44-2,14-45-18(39)8-3-5-10-21(42)48-26(34,35)24(28,29)30)15-46-19(40)9-4-6-11-22(43)49-27(36,37)25(31,32)33/h3-16H2,1-2H3. The molecule has 12 nitrogen and oxygen atoms in total. The van der Waals surface area contributed by atoms with Crippen LogP contribution >= 0.6 is 0 Å². The SMILES string of the molecule is COC(=O)CCCC(=O)OCC(C)(COC(=O)CCCCC(=O)OC(F)(F)C(F)(F)F)COC(=O)CCCCC(=O)OC(F)(F)C(F)(F)F. The van der Waals surface area contributed by atoms with Gasteiger partial charge in [-0.2, -0.15) is 43.9 Å². The Balaban J connectivity index is 4.96. The van der Waals surface area contributed by atoms with E-state index in [2.05, 4.69) is 14.2 Å². The minimum atomic E-state index is -6.12. The Kier molecular flexibility index (Phi) is 18.4. The average Bonchev–Trinajstić information content (AvgIpc) is 2.96. The first-order chi connectivity index (χ1) is 22.3. The highest BCUT2D eigenvalue weighted by Crippen LogP contribution is 2.37. The van der Waals surface area contributed by atoms with Gasteiger partial charge in [-0.25, -0.2) is 0 Å². The molecule has 0 fully saturated rings. The quantitative estimate of drug-likeness (QED) is 0.0597. The van der Waals surface area contributed by atoms with Crippen LogP contribution in [0.5, 0.6) is 0 Å². The Morgan fingerprint density at radius 3 is 0.980 bits per heavy atom. The predicted octanol–water partition coefficient (Wildman–Crippen LogP) is 5.48. The average molecular weight is 741 g/mol. The lowest BCUT2D eigenvalue weighted by molar-refractivity contribution is -0.376. The third-order valence-electron chi connectivity index (χ3n) is 5.90. The molecule has 0 unspecified atom stereocenters. The van der Waals surface area contributed by atoms with E-state index in [0.717, 1.165) is 7.11 Å². The normalized spacial score (nSPS) is 12.5. The van der Waals surface area contributed by atoms with Crippen LogP contribution in [0.4, 0.5) is 43.9 Å². The third-order valence-corrected chi connectivity index (χ3v) is 5.90. The zero-order valence-electron chi connectivity index (χ0n) is 26.1. The Hall–Kier alpha value is -3.88. The molecule has 0 bridgehead atoms. The summed E-state index contributed by atoms with van der Waals surface area (Å²) >= 11 is 0. The molecule has 0 spiro atoms. The first kappa shape index (κ1) is 45.1. The summed E-state index contributed by atoms with van der Waals surface area (Å²) in [6.07, 6.45) is -27.7. The van der Waals surface area contributed by atoms with Crippen molar-refractivity contribution in [3.63, 3.8) is 0 Å². The fourth-order valence-corrected chi connectivity index (χ4v) is 3.17. The number of methoxy groups -OCH3 is 1. The molecule has 0 aromatic carbocycles. The third kappa shape index (κ3) is 19.0. The zero-order valence-corrected chi connectivity index (χ0v) is 26.1. The van der Waals surface area contributed by atoms with E-state index in [1.807, 2.05) is 0 Å². The van der Waals surface area contributed by atoms with Crippen molar-refractivity contribution >= 4 is 35.8 Å². The fraction of sp³-hybridized carbons (Fsp3) is 0.778. The second-order valence-electron chi connectivity index (χ2n) is 10.6. The van der Waals surface area contributed by atoms with Crippen LogP contribution in [0.2, 0.25) is 0 Å². The largest absolute Gasteiger partial charge is 0.501 e. The van der Waals surface area contributed by atoms with Gasteiger partial charge in [0, 0.05) is 38.5 Å². The molecule has 0 atom stereocenters. The summed E-state index contributed by atoms with van der Waals surface area (Å²) in [6, 6.07) is 0. The summed E-state index contributed by atoms with van der Waals surface area (Å²) in [5, 5.41) is 0. The van der Waals surface area contributed by atoms with Crippen molar-refractivity contribution < 1.29 is 101 Å². The van der Waals surface area contributed by atoms with Crippen molar-refractivity contribution in [1.82, 2.24) is 0 Å². The molecular formula is C27H34F10O12. The van der Waals surface area contributed by atoms with Gasteiger partial charge in [-0.05, 0) is 39.0 Å². The molecule has 0 aromatic rings. The second-order valence-corrected chi connectivity index (χ2v) is 10.6. The van der Waals surface area contributed by atoms with Gasteiger partial charge in [0.2, 0.25) is 0 Å². The van der Waals surface area contributed by atoms with Crippen LogP contribution in [0, 0.1) is 5.41 Å². The van der Waals surface area contributed by atoms with Crippen LogP contribution in [0.25, 0.3) is 0 Å². The zero-order chi connectivity index (χ0) is 38.1. The summed E-state index contributed by atoms with van der Waals surface area (Å²) < 4.78 is 150. The fourth-order valence-electron chi connectivity index (χ4n) is 3.17.